The van der Waals surface area contributed by atoms with Crippen molar-refractivity contribution in [2.75, 3.05) is 20.3 Å². The van der Waals surface area contributed by atoms with Gasteiger partial charge in [-0.05, 0) is 78.5 Å². The number of halogens is 1. The minimum atomic E-state index is -0.257. The van der Waals surface area contributed by atoms with Gasteiger partial charge in [0.25, 0.3) is 0 Å². The van der Waals surface area contributed by atoms with E-state index in [0.29, 0.717) is 35.8 Å². The second-order valence-electron chi connectivity index (χ2n) is 8.69. The quantitative estimate of drug-likeness (QED) is 0.650. The molecule has 2 aliphatic carbocycles. The van der Waals surface area contributed by atoms with Crippen molar-refractivity contribution in [1.29, 1.82) is 0 Å². The number of rotatable bonds is 9. The van der Waals surface area contributed by atoms with Crippen molar-refractivity contribution in [3.05, 3.63) is 53.5 Å². The molecule has 0 radical (unpaired) electrons. The SMILES string of the molecule is COc1cc(C2CC(COc3cccc(C(C(C)CO)C4CC4)c3)C2)c(F)cn1. The molecule has 0 amide bonds. The van der Waals surface area contributed by atoms with E-state index >= 15 is 0 Å². The third-order valence-electron chi connectivity index (χ3n) is 6.50. The third kappa shape index (κ3) is 4.55. The first-order chi connectivity index (χ1) is 14.1. The molecule has 1 aromatic carbocycles. The molecule has 2 atom stereocenters. The van der Waals surface area contributed by atoms with E-state index in [0.717, 1.165) is 18.6 Å². The number of aliphatic hydroxyl groups is 1. The van der Waals surface area contributed by atoms with Crippen LogP contribution in [0.3, 0.4) is 0 Å². The number of benzene rings is 1. The van der Waals surface area contributed by atoms with Crippen molar-refractivity contribution in [2.45, 2.75) is 44.4 Å². The Kier molecular flexibility index (Phi) is 6.04. The van der Waals surface area contributed by atoms with Gasteiger partial charge < -0.3 is 14.6 Å². The topological polar surface area (TPSA) is 51.6 Å². The molecule has 0 bridgehead atoms. The molecule has 0 saturated heterocycles. The van der Waals surface area contributed by atoms with Crippen molar-refractivity contribution in [1.82, 2.24) is 4.98 Å². The molecule has 4 rings (SSSR count). The molecule has 0 spiro atoms. The van der Waals surface area contributed by atoms with Gasteiger partial charge in [0, 0.05) is 12.7 Å². The van der Waals surface area contributed by atoms with E-state index in [2.05, 4.69) is 24.0 Å². The fraction of sp³-hybridized carbons (Fsp3) is 0.542. The standard InChI is InChI=1S/C24H30FNO3/c1-15(13-27)24(17-6-7-17)18-4-3-5-20(10-18)29-14-16-8-19(9-16)21-11-23(28-2)26-12-22(21)25/h3-5,10-12,15-17,19,24,27H,6-9,13-14H2,1-2H3. The maximum absolute atomic E-state index is 14.1. The lowest BCUT2D eigenvalue weighted by Gasteiger charge is -2.35. The minimum absolute atomic E-state index is 0.205. The first kappa shape index (κ1) is 20.1. The molecule has 2 aromatic rings. The average molecular weight is 400 g/mol. The third-order valence-corrected chi connectivity index (χ3v) is 6.50. The second-order valence-corrected chi connectivity index (χ2v) is 8.69. The lowest BCUT2D eigenvalue weighted by molar-refractivity contribution is 0.155. The van der Waals surface area contributed by atoms with Gasteiger partial charge in [-0.2, -0.15) is 0 Å². The van der Waals surface area contributed by atoms with Crippen LogP contribution in [0.4, 0.5) is 4.39 Å². The van der Waals surface area contributed by atoms with Crippen LogP contribution < -0.4 is 9.47 Å². The van der Waals surface area contributed by atoms with E-state index in [9.17, 15) is 9.50 Å². The van der Waals surface area contributed by atoms with Gasteiger partial charge in [0.15, 0.2) is 0 Å². The van der Waals surface area contributed by atoms with Crippen LogP contribution in [0.25, 0.3) is 0 Å². The van der Waals surface area contributed by atoms with Crippen LogP contribution in [0.5, 0.6) is 11.6 Å². The zero-order chi connectivity index (χ0) is 20.4. The van der Waals surface area contributed by atoms with Crippen LogP contribution in [-0.2, 0) is 0 Å². The van der Waals surface area contributed by atoms with Crippen LogP contribution >= 0.6 is 0 Å². The molecule has 2 unspecified atom stereocenters. The van der Waals surface area contributed by atoms with Crippen molar-refractivity contribution < 1.29 is 19.0 Å². The van der Waals surface area contributed by atoms with Gasteiger partial charge in [-0.15, -0.1) is 0 Å². The van der Waals surface area contributed by atoms with E-state index in [4.69, 9.17) is 9.47 Å². The number of hydrogen-bond acceptors (Lipinski definition) is 4. The molecule has 29 heavy (non-hydrogen) atoms. The van der Waals surface area contributed by atoms with Gasteiger partial charge in [-0.25, -0.2) is 9.37 Å². The summed E-state index contributed by atoms with van der Waals surface area (Å²) in [5.41, 5.74) is 1.96. The van der Waals surface area contributed by atoms with Crippen LogP contribution in [0, 0.1) is 23.6 Å². The van der Waals surface area contributed by atoms with E-state index in [1.54, 1.807) is 13.2 Å². The molecule has 156 valence electrons. The summed E-state index contributed by atoms with van der Waals surface area (Å²) in [4.78, 5) is 3.91. The van der Waals surface area contributed by atoms with E-state index in [1.165, 1.54) is 24.6 Å². The average Bonchev–Trinajstić information content (AvgIpc) is 3.53. The highest BCUT2D eigenvalue weighted by Crippen LogP contribution is 2.47. The predicted octanol–water partition coefficient (Wildman–Crippen LogP) is 4.92. The lowest BCUT2D eigenvalue weighted by atomic mass is 9.72. The van der Waals surface area contributed by atoms with Gasteiger partial charge >= 0.3 is 0 Å². The fourth-order valence-corrected chi connectivity index (χ4v) is 4.64. The van der Waals surface area contributed by atoms with Crippen LogP contribution in [0.15, 0.2) is 36.5 Å². The molecule has 1 N–H and O–H groups in total. The molecular formula is C24H30FNO3. The number of nitrogens with zero attached hydrogens (tertiary/aromatic N) is 1. The van der Waals surface area contributed by atoms with Crippen molar-refractivity contribution in [3.63, 3.8) is 0 Å². The van der Waals surface area contributed by atoms with Crippen LogP contribution in [-0.4, -0.2) is 30.4 Å². The van der Waals surface area contributed by atoms with E-state index < -0.39 is 0 Å². The van der Waals surface area contributed by atoms with Gasteiger partial charge in [-0.1, -0.05) is 19.1 Å². The summed E-state index contributed by atoms with van der Waals surface area (Å²) in [6.07, 6.45) is 5.57. The fourth-order valence-electron chi connectivity index (χ4n) is 4.64. The summed E-state index contributed by atoms with van der Waals surface area (Å²) in [5, 5.41) is 9.63. The molecule has 5 heteroatoms. The first-order valence-corrected chi connectivity index (χ1v) is 10.6. The summed E-state index contributed by atoms with van der Waals surface area (Å²) in [5.74, 6) is 3.07. The Labute approximate surface area is 172 Å². The molecule has 2 aliphatic rings. The Morgan fingerprint density at radius 3 is 2.72 bits per heavy atom. The number of aliphatic hydroxyl groups excluding tert-OH is 1. The summed E-state index contributed by atoms with van der Waals surface area (Å²) in [6.45, 7) is 2.98. The zero-order valence-electron chi connectivity index (χ0n) is 17.2. The predicted molar refractivity (Wildman–Crippen MR) is 110 cm³/mol. The van der Waals surface area contributed by atoms with Crippen molar-refractivity contribution >= 4 is 0 Å². The van der Waals surface area contributed by atoms with Crippen molar-refractivity contribution in [3.8, 4) is 11.6 Å². The zero-order valence-corrected chi connectivity index (χ0v) is 17.2. The Morgan fingerprint density at radius 2 is 2.03 bits per heavy atom. The van der Waals surface area contributed by atoms with Crippen LogP contribution in [0.2, 0.25) is 0 Å². The maximum atomic E-state index is 14.1. The van der Waals surface area contributed by atoms with E-state index in [-0.39, 0.29) is 24.3 Å². The summed E-state index contributed by atoms with van der Waals surface area (Å²) >= 11 is 0. The molecular weight excluding hydrogens is 369 g/mol. The maximum Gasteiger partial charge on any atom is 0.213 e. The molecule has 4 nitrogen and oxygen atoms in total. The molecule has 1 aromatic heterocycles. The summed E-state index contributed by atoms with van der Waals surface area (Å²) in [7, 11) is 1.55. The Balaban J connectivity index is 1.33. The van der Waals surface area contributed by atoms with Gasteiger partial charge in [-0.3, -0.25) is 0 Å². The lowest BCUT2D eigenvalue weighted by Crippen LogP contribution is -2.28. The monoisotopic (exact) mass is 399 g/mol. The van der Waals surface area contributed by atoms with Crippen LogP contribution in [0.1, 0.15) is 55.6 Å². The van der Waals surface area contributed by atoms with Gasteiger partial charge in [0.1, 0.15) is 11.6 Å². The highest BCUT2D eigenvalue weighted by molar-refractivity contribution is 5.33. The molecule has 2 saturated carbocycles. The number of pyridine rings is 1. The molecule has 1 heterocycles. The van der Waals surface area contributed by atoms with Gasteiger partial charge in [0.05, 0.1) is 19.9 Å². The number of methoxy groups -OCH3 is 1. The summed E-state index contributed by atoms with van der Waals surface area (Å²) in [6, 6.07) is 10.0. The van der Waals surface area contributed by atoms with Gasteiger partial charge in [0.2, 0.25) is 5.88 Å². The molecule has 0 aliphatic heterocycles. The largest absolute Gasteiger partial charge is 0.493 e. The Morgan fingerprint density at radius 1 is 1.24 bits per heavy atom. The Hall–Kier alpha value is -2.14. The Bertz CT molecular complexity index is 833. The van der Waals surface area contributed by atoms with Crippen molar-refractivity contribution in [2.24, 2.45) is 17.8 Å². The number of ether oxygens (including phenoxy) is 2. The number of hydrogen-bond donors (Lipinski definition) is 1. The smallest absolute Gasteiger partial charge is 0.213 e. The number of aromatic nitrogens is 1. The highest BCUT2D eigenvalue weighted by atomic mass is 19.1. The first-order valence-electron chi connectivity index (χ1n) is 10.6. The minimum Gasteiger partial charge on any atom is -0.493 e. The summed E-state index contributed by atoms with van der Waals surface area (Å²) < 4.78 is 25.3. The highest BCUT2D eigenvalue weighted by Gasteiger charge is 2.36. The molecule has 2 fully saturated rings. The normalized spacial score (nSPS) is 23.2. The van der Waals surface area contributed by atoms with E-state index in [1.807, 2.05) is 12.1 Å². The second kappa shape index (κ2) is 8.70.